The molecule has 0 saturated carbocycles. The molecular weight excluding hydrogens is 254 g/mol. The van der Waals surface area contributed by atoms with Gasteiger partial charge in [-0.3, -0.25) is 9.69 Å². The molecule has 2 saturated heterocycles. The smallest absolute Gasteiger partial charge is 0.254 e. The molecule has 108 valence electrons. The average molecular weight is 275 g/mol. The summed E-state index contributed by atoms with van der Waals surface area (Å²) in [7, 11) is 1.57. The fourth-order valence-corrected chi connectivity index (χ4v) is 3.20. The van der Waals surface area contributed by atoms with Gasteiger partial charge in [0, 0.05) is 31.2 Å². The maximum atomic E-state index is 12.6. The molecule has 0 spiro atoms. The number of hydrogen-bond acceptors (Lipinski definition) is 4. The maximum Gasteiger partial charge on any atom is 0.254 e. The van der Waals surface area contributed by atoms with Crippen LogP contribution in [-0.2, 0) is 0 Å². The minimum absolute atomic E-state index is 0.0786. The highest BCUT2D eigenvalue weighted by Gasteiger charge is 2.32. The molecule has 0 radical (unpaired) electrons. The van der Waals surface area contributed by atoms with Crippen molar-refractivity contribution in [2.24, 2.45) is 0 Å². The predicted molar refractivity (Wildman–Crippen MR) is 77.9 cm³/mol. The summed E-state index contributed by atoms with van der Waals surface area (Å²) in [6.45, 7) is 3.82. The van der Waals surface area contributed by atoms with Crippen LogP contribution in [0.4, 0.5) is 5.69 Å². The summed E-state index contributed by atoms with van der Waals surface area (Å²) in [5.41, 5.74) is 7.01. The molecule has 3 rings (SSSR count). The molecule has 0 unspecified atom stereocenters. The van der Waals surface area contributed by atoms with Gasteiger partial charge in [-0.15, -0.1) is 0 Å². The third-order valence-electron chi connectivity index (χ3n) is 4.35. The van der Waals surface area contributed by atoms with Gasteiger partial charge in [-0.25, -0.2) is 0 Å². The number of fused-ring (bicyclic) bond motifs is 1. The Morgan fingerprint density at radius 2 is 2.20 bits per heavy atom. The van der Waals surface area contributed by atoms with Crippen molar-refractivity contribution in [2.75, 3.05) is 39.0 Å². The van der Waals surface area contributed by atoms with Gasteiger partial charge in [-0.2, -0.15) is 0 Å². The van der Waals surface area contributed by atoms with E-state index >= 15 is 0 Å². The molecule has 2 heterocycles. The lowest BCUT2D eigenvalue weighted by atomic mass is 10.1. The van der Waals surface area contributed by atoms with Crippen molar-refractivity contribution in [3.8, 4) is 5.75 Å². The van der Waals surface area contributed by atoms with Crippen molar-refractivity contribution in [3.05, 3.63) is 23.8 Å². The number of rotatable bonds is 2. The zero-order valence-electron chi connectivity index (χ0n) is 11.8. The molecule has 0 aliphatic carbocycles. The second-order valence-electron chi connectivity index (χ2n) is 5.54. The van der Waals surface area contributed by atoms with Gasteiger partial charge in [-0.1, -0.05) is 0 Å². The monoisotopic (exact) mass is 275 g/mol. The number of nitrogen functional groups attached to an aromatic ring is 1. The minimum Gasteiger partial charge on any atom is -0.495 e. The van der Waals surface area contributed by atoms with Crippen molar-refractivity contribution in [2.45, 2.75) is 18.9 Å². The van der Waals surface area contributed by atoms with E-state index in [1.807, 2.05) is 4.90 Å². The van der Waals surface area contributed by atoms with E-state index in [-0.39, 0.29) is 5.91 Å². The van der Waals surface area contributed by atoms with Crippen LogP contribution in [0.1, 0.15) is 23.2 Å². The minimum atomic E-state index is 0.0786. The third-order valence-corrected chi connectivity index (χ3v) is 4.35. The number of piperazine rings is 1. The quantitative estimate of drug-likeness (QED) is 0.824. The van der Waals surface area contributed by atoms with Crippen LogP contribution in [0.25, 0.3) is 0 Å². The number of nitrogens with two attached hydrogens (primary N) is 1. The number of ether oxygens (including phenoxy) is 1. The Morgan fingerprint density at radius 3 is 3.00 bits per heavy atom. The summed E-state index contributed by atoms with van der Waals surface area (Å²) < 4.78 is 5.19. The van der Waals surface area contributed by atoms with Crippen LogP contribution < -0.4 is 10.5 Å². The highest BCUT2D eigenvalue weighted by Crippen LogP contribution is 2.25. The molecule has 0 aromatic heterocycles. The Labute approximate surface area is 119 Å². The van der Waals surface area contributed by atoms with Gasteiger partial charge in [0.05, 0.1) is 12.8 Å². The van der Waals surface area contributed by atoms with Gasteiger partial charge < -0.3 is 15.4 Å². The highest BCUT2D eigenvalue weighted by atomic mass is 16.5. The SMILES string of the molecule is COc1cc(C(=O)N2CCN3CCC[C@@H]3C2)ccc1N. The zero-order valence-corrected chi connectivity index (χ0v) is 11.8. The average Bonchev–Trinajstić information content (AvgIpc) is 2.94. The van der Waals surface area contributed by atoms with Crippen molar-refractivity contribution in [3.63, 3.8) is 0 Å². The number of carbonyl (C=O) groups excluding carboxylic acids is 1. The molecular formula is C15H21N3O2. The zero-order chi connectivity index (χ0) is 14.1. The number of carbonyl (C=O) groups is 1. The van der Waals surface area contributed by atoms with Crippen LogP contribution in [0.2, 0.25) is 0 Å². The van der Waals surface area contributed by atoms with E-state index in [1.165, 1.54) is 19.4 Å². The lowest BCUT2D eigenvalue weighted by molar-refractivity contribution is 0.0571. The fourth-order valence-electron chi connectivity index (χ4n) is 3.20. The van der Waals surface area contributed by atoms with E-state index in [1.54, 1.807) is 25.3 Å². The Morgan fingerprint density at radius 1 is 1.35 bits per heavy atom. The van der Waals surface area contributed by atoms with Gasteiger partial charge in [0.1, 0.15) is 5.75 Å². The van der Waals surface area contributed by atoms with Crippen molar-refractivity contribution in [1.29, 1.82) is 0 Å². The van der Waals surface area contributed by atoms with Gasteiger partial charge in [0.25, 0.3) is 5.91 Å². The Bertz CT molecular complexity index is 518. The van der Waals surface area contributed by atoms with E-state index in [2.05, 4.69) is 4.90 Å². The van der Waals surface area contributed by atoms with Crippen LogP contribution in [-0.4, -0.2) is 55.0 Å². The normalized spacial score (nSPS) is 22.6. The summed E-state index contributed by atoms with van der Waals surface area (Å²) >= 11 is 0. The van der Waals surface area contributed by atoms with E-state index in [9.17, 15) is 4.79 Å². The largest absolute Gasteiger partial charge is 0.495 e. The maximum absolute atomic E-state index is 12.6. The fraction of sp³-hybridized carbons (Fsp3) is 0.533. The molecule has 2 aliphatic heterocycles. The Kier molecular flexibility index (Phi) is 3.53. The summed E-state index contributed by atoms with van der Waals surface area (Å²) in [4.78, 5) is 17.0. The first kappa shape index (κ1) is 13.2. The first-order valence-electron chi connectivity index (χ1n) is 7.16. The molecule has 20 heavy (non-hydrogen) atoms. The van der Waals surface area contributed by atoms with Gasteiger partial charge in [-0.05, 0) is 37.6 Å². The second kappa shape index (κ2) is 5.32. The molecule has 5 heteroatoms. The number of benzene rings is 1. The summed E-state index contributed by atoms with van der Waals surface area (Å²) in [6.07, 6.45) is 2.46. The van der Waals surface area contributed by atoms with E-state index in [0.29, 0.717) is 23.0 Å². The highest BCUT2D eigenvalue weighted by molar-refractivity contribution is 5.95. The van der Waals surface area contributed by atoms with Crippen LogP contribution in [0.5, 0.6) is 5.75 Å². The summed E-state index contributed by atoms with van der Waals surface area (Å²) in [5, 5.41) is 0. The molecule has 2 aliphatic rings. The van der Waals surface area contributed by atoms with Crippen LogP contribution in [0, 0.1) is 0 Å². The molecule has 1 aromatic rings. The standard InChI is InChI=1S/C15H21N3O2/c1-20-14-9-11(4-5-13(14)16)15(19)18-8-7-17-6-2-3-12(17)10-18/h4-5,9,12H,2-3,6-8,10,16H2,1H3/t12-/m1/s1. The third kappa shape index (κ3) is 2.33. The number of hydrogen-bond donors (Lipinski definition) is 1. The molecule has 2 N–H and O–H groups in total. The van der Waals surface area contributed by atoms with E-state index in [0.717, 1.165) is 19.6 Å². The van der Waals surface area contributed by atoms with E-state index in [4.69, 9.17) is 10.5 Å². The lowest BCUT2D eigenvalue weighted by Gasteiger charge is -2.37. The molecule has 1 atom stereocenters. The van der Waals surface area contributed by atoms with E-state index < -0.39 is 0 Å². The van der Waals surface area contributed by atoms with Crippen molar-refractivity contribution < 1.29 is 9.53 Å². The first-order chi connectivity index (χ1) is 9.69. The molecule has 1 amide bonds. The number of nitrogens with zero attached hydrogens (tertiary/aromatic N) is 2. The number of methoxy groups -OCH3 is 1. The van der Waals surface area contributed by atoms with Crippen LogP contribution in [0.15, 0.2) is 18.2 Å². The van der Waals surface area contributed by atoms with Gasteiger partial charge in [0.2, 0.25) is 0 Å². The molecule has 5 nitrogen and oxygen atoms in total. The topological polar surface area (TPSA) is 58.8 Å². The summed E-state index contributed by atoms with van der Waals surface area (Å²) in [6, 6.07) is 5.79. The Hall–Kier alpha value is -1.75. The Balaban J connectivity index is 1.75. The number of amides is 1. The summed E-state index contributed by atoms with van der Waals surface area (Å²) in [5.74, 6) is 0.644. The second-order valence-corrected chi connectivity index (χ2v) is 5.54. The predicted octanol–water partition coefficient (Wildman–Crippen LogP) is 1.20. The molecule has 1 aromatic carbocycles. The van der Waals surface area contributed by atoms with Crippen LogP contribution >= 0.6 is 0 Å². The van der Waals surface area contributed by atoms with Gasteiger partial charge >= 0.3 is 0 Å². The molecule has 0 bridgehead atoms. The number of anilines is 1. The first-order valence-corrected chi connectivity index (χ1v) is 7.16. The lowest BCUT2D eigenvalue weighted by Crippen LogP contribution is -2.52. The van der Waals surface area contributed by atoms with Crippen LogP contribution in [0.3, 0.4) is 0 Å². The van der Waals surface area contributed by atoms with Crippen molar-refractivity contribution in [1.82, 2.24) is 9.80 Å². The molecule has 2 fully saturated rings. The van der Waals surface area contributed by atoms with Crippen molar-refractivity contribution >= 4 is 11.6 Å². The van der Waals surface area contributed by atoms with Gasteiger partial charge in [0.15, 0.2) is 0 Å².